The highest BCUT2D eigenvalue weighted by molar-refractivity contribution is 6.33. The molecule has 9 nitrogen and oxygen atoms in total. The number of nitro groups is 1. The largest absolute Gasteiger partial charge is 0.469 e. The Morgan fingerprint density at radius 1 is 1.58 bits per heavy atom. The first-order chi connectivity index (χ1) is 8.93. The van der Waals surface area contributed by atoms with E-state index in [0.717, 1.165) is 19.4 Å². The number of rotatable bonds is 5. The molecular weight excluding hydrogens is 280 g/mol. The van der Waals surface area contributed by atoms with Crippen molar-refractivity contribution in [2.75, 3.05) is 12.5 Å². The Hall–Kier alpha value is -2.42. The smallest absolute Gasteiger partial charge is 0.315 e. The molecule has 0 aliphatic rings. The Bertz CT molecular complexity index is 521. The number of halogens is 1. The molecule has 102 valence electrons. The van der Waals surface area contributed by atoms with Crippen LogP contribution in [-0.2, 0) is 14.3 Å². The van der Waals surface area contributed by atoms with Crippen LogP contribution in [0.15, 0.2) is 12.3 Å². The van der Waals surface area contributed by atoms with Gasteiger partial charge in [-0.1, -0.05) is 11.6 Å². The van der Waals surface area contributed by atoms with E-state index in [2.05, 4.69) is 20.6 Å². The van der Waals surface area contributed by atoms with E-state index >= 15 is 0 Å². The Labute approximate surface area is 112 Å². The Morgan fingerprint density at radius 2 is 2.26 bits per heavy atom. The zero-order valence-corrected chi connectivity index (χ0v) is 10.4. The molecule has 0 saturated heterocycles. The molecule has 1 aromatic rings. The van der Waals surface area contributed by atoms with Crippen molar-refractivity contribution in [1.29, 1.82) is 0 Å². The Balaban J connectivity index is 2.61. The second-order valence-electron chi connectivity index (χ2n) is 3.21. The molecule has 0 unspecified atom stereocenters. The molecule has 1 amide bonds. The maximum atomic E-state index is 11.2. The van der Waals surface area contributed by atoms with Crippen molar-refractivity contribution in [1.82, 2.24) is 10.4 Å². The van der Waals surface area contributed by atoms with Crippen molar-refractivity contribution in [3.63, 3.8) is 0 Å². The van der Waals surface area contributed by atoms with Gasteiger partial charge in [0, 0.05) is 6.07 Å². The highest BCUT2D eigenvalue weighted by atomic mass is 35.5. The average molecular weight is 289 g/mol. The topological polar surface area (TPSA) is 123 Å². The summed E-state index contributed by atoms with van der Waals surface area (Å²) in [6.07, 6.45) is 0.495. The SMILES string of the molecule is COC(=O)CC(=O)NNc1ncc([N+](=O)[O-])cc1Cl. The van der Waals surface area contributed by atoms with Crippen LogP contribution in [0.4, 0.5) is 11.5 Å². The third-order valence-electron chi connectivity index (χ3n) is 1.89. The Morgan fingerprint density at radius 3 is 2.79 bits per heavy atom. The summed E-state index contributed by atoms with van der Waals surface area (Å²) in [5, 5.41) is 10.4. The van der Waals surface area contributed by atoms with E-state index in [0.29, 0.717) is 0 Å². The number of carbonyl (C=O) groups excluding carboxylic acids is 2. The minimum absolute atomic E-state index is 0.0190. The van der Waals surface area contributed by atoms with Crippen LogP contribution < -0.4 is 10.9 Å². The van der Waals surface area contributed by atoms with Gasteiger partial charge in [-0.05, 0) is 0 Å². The molecule has 0 spiro atoms. The fourth-order valence-corrected chi connectivity index (χ4v) is 1.20. The van der Waals surface area contributed by atoms with Crippen LogP contribution in [0.2, 0.25) is 5.02 Å². The van der Waals surface area contributed by atoms with E-state index < -0.39 is 23.2 Å². The van der Waals surface area contributed by atoms with E-state index in [1.54, 1.807) is 0 Å². The molecule has 0 atom stereocenters. The highest BCUT2D eigenvalue weighted by Gasteiger charge is 2.13. The van der Waals surface area contributed by atoms with Crippen molar-refractivity contribution >= 4 is 35.0 Å². The number of nitrogens with one attached hydrogen (secondary N) is 2. The molecule has 0 aromatic carbocycles. The van der Waals surface area contributed by atoms with Crippen molar-refractivity contribution in [2.24, 2.45) is 0 Å². The Kier molecular flexibility index (Phi) is 5.01. The van der Waals surface area contributed by atoms with Gasteiger partial charge in [-0.15, -0.1) is 0 Å². The summed E-state index contributed by atoms with van der Waals surface area (Å²) in [6.45, 7) is 0. The van der Waals surface area contributed by atoms with Gasteiger partial charge in [0.2, 0.25) is 5.91 Å². The highest BCUT2D eigenvalue weighted by Crippen LogP contribution is 2.23. The normalized spacial score (nSPS) is 9.58. The second kappa shape index (κ2) is 6.50. The first-order valence-electron chi connectivity index (χ1n) is 4.85. The number of carbonyl (C=O) groups is 2. The quantitative estimate of drug-likeness (QED) is 0.353. The maximum Gasteiger partial charge on any atom is 0.315 e. The molecule has 10 heteroatoms. The lowest BCUT2D eigenvalue weighted by molar-refractivity contribution is -0.385. The van der Waals surface area contributed by atoms with E-state index in [1.807, 2.05) is 0 Å². The summed E-state index contributed by atoms with van der Waals surface area (Å²) in [5.74, 6) is -1.35. The van der Waals surface area contributed by atoms with Crippen LogP contribution in [0, 0.1) is 10.1 Å². The van der Waals surface area contributed by atoms with Crippen LogP contribution in [-0.4, -0.2) is 28.9 Å². The predicted molar refractivity (Wildman–Crippen MR) is 64.3 cm³/mol. The van der Waals surface area contributed by atoms with Crippen LogP contribution in [0.3, 0.4) is 0 Å². The van der Waals surface area contributed by atoms with Crippen LogP contribution >= 0.6 is 11.6 Å². The van der Waals surface area contributed by atoms with Crippen molar-refractivity contribution in [3.05, 3.63) is 27.4 Å². The number of nitrogens with zero attached hydrogens (tertiary/aromatic N) is 2. The van der Waals surface area contributed by atoms with Crippen molar-refractivity contribution in [3.8, 4) is 0 Å². The summed E-state index contributed by atoms with van der Waals surface area (Å²) in [5.41, 5.74) is 4.20. The maximum absolute atomic E-state index is 11.2. The number of anilines is 1. The van der Waals surface area contributed by atoms with Crippen LogP contribution in [0.1, 0.15) is 6.42 Å². The first-order valence-corrected chi connectivity index (χ1v) is 5.23. The first kappa shape index (κ1) is 14.6. The summed E-state index contributed by atoms with van der Waals surface area (Å²) >= 11 is 5.72. The van der Waals surface area contributed by atoms with Gasteiger partial charge in [0.25, 0.3) is 5.69 Å². The van der Waals surface area contributed by atoms with E-state index in [-0.39, 0.29) is 16.5 Å². The number of hydrazine groups is 1. The summed E-state index contributed by atoms with van der Waals surface area (Å²) in [4.78, 5) is 35.5. The van der Waals surface area contributed by atoms with Gasteiger partial charge in [0.05, 0.1) is 17.1 Å². The minimum Gasteiger partial charge on any atom is -0.469 e. The third kappa shape index (κ3) is 4.39. The van der Waals surface area contributed by atoms with E-state index in [4.69, 9.17) is 11.6 Å². The molecule has 0 radical (unpaired) electrons. The van der Waals surface area contributed by atoms with Gasteiger partial charge in [0.15, 0.2) is 5.82 Å². The van der Waals surface area contributed by atoms with E-state index in [1.165, 1.54) is 0 Å². The number of amides is 1. The summed E-state index contributed by atoms with van der Waals surface area (Å²) in [7, 11) is 1.15. The van der Waals surface area contributed by atoms with Crippen LogP contribution in [0.25, 0.3) is 0 Å². The number of ether oxygens (including phenoxy) is 1. The molecule has 1 aromatic heterocycles. The average Bonchev–Trinajstić information content (AvgIpc) is 2.36. The number of hydrogen-bond acceptors (Lipinski definition) is 7. The molecule has 2 N–H and O–H groups in total. The fourth-order valence-electron chi connectivity index (χ4n) is 0.996. The predicted octanol–water partition coefficient (Wildman–Crippen LogP) is 0.649. The molecule has 0 bridgehead atoms. The number of aromatic nitrogens is 1. The number of esters is 1. The number of methoxy groups -OCH3 is 1. The zero-order chi connectivity index (χ0) is 14.4. The second-order valence-corrected chi connectivity index (χ2v) is 3.61. The van der Waals surface area contributed by atoms with Crippen molar-refractivity contribution < 1.29 is 19.2 Å². The molecule has 0 saturated carbocycles. The summed E-state index contributed by atoms with van der Waals surface area (Å²) in [6, 6.07) is 1.07. The fraction of sp³-hybridized carbons (Fsp3) is 0.222. The summed E-state index contributed by atoms with van der Waals surface area (Å²) < 4.78 is 4.29. The van der Waals surface area contributed by atoms with Crippen LogP contribution in [0.5, 0.6) is 0 Å². The van der Waals surface area contributed by atoms with Gasteiger partial charge in [-0.3, -0.25) is 30.6 Å². The third-order valence-corrected chi connectivity index (χ3v) is 2.18. The lowest BCUT2D eigenvalue weighted by Gasteiger charge is -2.08. The van der Waals surface area contributed by atoms with E-state index in [9.17, 15) is 19.7 Å². The standard InChI is InChI=1S/C9H9ClN4O5/c1-19-8(16)3-7(15)12-13-9-6(10)2-5(4-11-9)14(17)18/h2,4H,3H2,1H3,(H,11,13)(H,12,15). The minimum atomic E-state index is -0.706. The van der Waals surface area contributed by atoms with Gasteiger partial charge in [-0.2, -0.15) is 0 Å². The van der Waals surface area contributed by atoms with Gasteiger partial charge < -0.3 is 4.74 Å². The number of hydrogen-bond donors (Lipinski definition) is 2. The molecule has 1 rings (SSSR count). The zero-order valence-electron chi connectivity index (χ0n) is 9.68. The van der Waals surface area contributed by atoms with Gasteiger partial charge >= 0.3 is 5.97 Å². The van der Waals surface area contributed by atoms with Gasteiger partial charge in [-0.25, -0.2) is 4.98 Å². The molecule has 19 heavy (non-hydrogen) atoms. The van der Waals surface area contributed by atoms with Gasteiger partial charge in [0.1, 0.15) is 12.6 Å². The molecule has 0 aliphatic heterocycles. The molecule has 1 heterocycles. The molecule has 0 aliphatic carbocycles. The molecule has 0 fully saturated rings. The number of pyridine rings is 1. The lowest BCUT2D eigenvalue weighted by atomic mass is 10.4. The molecular formula is C9H9ClN4O5. The lowest BCUT2D eigenvalue weighted by Crippen LogP contribution is -2.31. The monoisotopic (exact) mass is 288 g/mol. The van der Waals surface area contributed by atoms with Crippen molar-refractivity contribution in [2.45, 2.75) is 6.42 Å².